The molecule has 0 saturated heterocycles. The first kappa shape index (κ1) is 14.8. The summed E-state index contributed by atoms with van der Waals surface area (Å²) in [5.41, 5.74) is 0.418. The van der Waals surface area contributed by atoms with Crippen LogP contribution in [-0.4, -0.2) is 18.5 Å². The predicted molar refractivity (Wildman–Crippen MR) is 72.8 cm³/mol. The van der Waals surface area contributed by atoms with Gasteiger partial charge in [-0.25, -0.2) is 0 Å². The van der Waals surface area contributed by atoms with Gasteiger partial charge in [-0.2, -0.15) is 0 Å². The second-order valence-electron chi connectivity index (χ2n) is 3.92. The van der Waals surface area contributed by atoms with Crippen LogP contribution in [0.1, 0.15) is 43.5 Å². The zero-order valence-electron chi connectivity index (χ0n) is 10.9. The molecule has 0 unspecified atom stereocenters. The monoisotopic (exact) mass is 270 g/mol. The van der Waals surface area contributed by atoms with E-state index in [-0.39, 0.29) is 0 Å². The molecule has 4 heteroatoms. The Morgan fingerprint density at radius 3 is 2.56 bits per heavy atom. The van der Waals surface area contributed by atoms with Crippen LogP contribution in [-0.2, 0) is 0 Å². The third kappa shape index (κ3) is 4.57. The van der Waals surface area contributed by atoms with E-state index in [1.807, 2.05) is 6.92 Å². The van der Waals surface area contributed by atoms with Gasteiger partial charge in [0.2, 0.25) is 0 Å². The lowest BCUT2D eigenvalue weighted by atomic mass is 10.2. The average Bonchev–Trinajstić information content (AvgIpc) is 2.36. The highest BCUT2D eigenvalue weighted by Crippen LogP contribution is 2.29. The SMILES string of the molecule is CCCCCOc1ccc(C(=O)Cl)cc1OCC. The molecule has 0 heterocycles. The number of benzene rings is 1. The number of unbranched alkanes of at least 4 members (excludes halogenated alkanes) is 2. The van der Waals surface area contributed by atoms with Crippen LogP contribution in [0.15, 0.2) is 18.2 Å². The maximum absolute atomic E-state index is 11.1. The molecular formula is C14H19ClO3. The smallest absolute Gasteiger partial charge is 0.252 e. The summed E-state index contributed by atoms with van der Waals surface area (Å²) in [7, 11) is 0. The highest BCUT2D eigenvalue weighted by atomic mass is 35.5. The van der Waals surface area contributed by atoms with Gasteiger partial charge in [0.25, 0.3) is 5.24 Å². The Kier molecular flexibility index (Phi) is 6.58. The molecule has 0 radical (unpaired) electrons. The van der Waals surface area contributed by atoms with E-state index in [4.69, 9.17) is 21.1 Å². The van der Waals surface area contributed by atoms with Gasteiger partial charge < -0.3 is 9.47 Å². The van der Waals surface area contributed by atoms with Gasteiger partial charge in [-0.05, 0) is 43.1 Å². The van der Waals surface area contributed by atoms with Crippen molar-refractivity contribution in [1.29, 1.82) is 0 Å². The highest BCUT2D eigenvalue weighted by Gasteiger charge is 2.09. The number of carbonyl (C=O) groups excluding carboxylic acids is 1. The molecule has 0 aliphatic rings. The standard InChI is InChI=1S/C14H19ClO3/c1-3-5-6-9-18-12-8-7-11(14(15)16)10-13(12)17-4-2/h7-8,10H,3-6,9H2,1-2H3. The van der Waals surface area contributed by atoms with E-state index in [0.717, 1.165) is 19.3 Å². The summed E-state index contributed by atoms with van der Waals surface area (Å²) in [6.45, 7) is 5.20. The Hall–Kier alpha value is -1.22. The van der Waals surface area contributed by atoms with Crippen molar-refractivity contribution < 1.29 is 14.3 Å². The van der Waals surface area contributed by atoms with Gasteiger partial charge in [0.15, 0.2) is 11.5 Å². The minimum absolute atomic E-state index is 0.418. The molecule has 0 aliphatic carbocycles. The summed E-state index contributed by atoms with van der Waals surface area (Å²) in [6, 6.07) is 4.99. The first-order valence-corrected chi connectivity index (χ1v) is 6.66. The molecule has 0 bridgehead atoms. The van der Waals surface area contributed by atoms with E-state index >= 15 is 0 Å². The molecule has 18 heavy (non-hydrogen) atoms. The second kappa shape index (κ2) is 7.98. The van der Waals surface area contributed by atoms with Crippen molar-refractivity contribution in [3.05, 3.63) is 23.8 Å². The van der Waals surface area contributed by atoms with Crippen LogP contribution in [0, 0.1) is 0 Å². The summed E-state index contributed by atoms with van der Waals surface area (Å²) < 4.78 is 11.1. The molecule has 0 fully saturated rings. The Morgan fingerprint density at radius 1 is 1.17 bits per heavy atom. The maximum Gasteiger partial charge on any atom is 0.252 e. The molecule has 0 amide bonds. The summed E-state index contributed by atoms with van der Waals surface area (Å²) in [5, 5.41) is -0.492. The van der Waals surface area contributed by atoms with Crippen LogP contribution in [0.4, 0.5) is 0 Å². The van der Waals surface area contributed by atoms with Crippen molar-refractivity contribution in [3.8, 4) is 11.5 Å². The molecule has 0 aromatic heterocycles. The van der Waals surface area contributed by atoms with Gasteiger partial charge >= 0.3 is 0 Å². The molecule has 1 rings (SSSR count). The molecule has 1 aromatic rings. The molecule has 0 aliphatic heterocycles. The van der Waals surface area contributed by atoms with Crippen LogP contribution in [0.2, 0.25) is 0 Å². The maximum atomic E-state index is 11.1. The van der Waals surface area contributed by atoms with Gasteiger partial charge in [0.05, 0.1) is 13.2 Å². The second-order valence-corrected chi connectivity index (χ2v) is 4.27. The molecule has 0 atom stereocenters. The highest BCUT2D eigenvalue weighted by molar-refractivity contribution is 6.67. The number of ether oxygens (including phenoxy) is 2. The Balaban J connectivity index is 2.73. The lowest BCUT2D eigenvalue weighted by Crippen LogP contribution is -2.02. The predicted octanol–water partition coefficient (Wildman–Crippen LogP) is 4.03. The fourth-order valence-corrected chi connectivity index (χ4v) is 1.67. The zero-order valence-corrected chi connectivity index (χ0v) is 11.6. The normalized spacial score (nSPS) is 10.2. The van der Waals surface area contributed by atoms with E-state index in [9.17, 15) is 4.79 Å². The third-order valence-corrected chi connectivity index (χ3v) is 2.69. The summed E-state index contributed by atoms with van der Waals surface area (Å²) in [4.78, 5) is 11.1. The summed E-state index contributed by atoms with van der Waals surface area (Å²) in [5.74, 6) is 1.23. The quantitative estimate of drug-likeness (QED) is 0.528. The minimum atomic E-state index is -0.492. The number of halogens is 1. The summed E-state index contributed by atoms with van der Waals surface area (Å²) >= 11 is 5.44. The largest absolute Gasteiger partial charge is 0.490 e. The number of hydrogen-bond acceptors (Lipinski definition) is 3. The van der Waals surface area contributed by atoms with Gasteiger partial charge in [-0.3, -0.25) is 4.79 Å². The van der Waals surface area contributed by atoms with Crippen molar-refractivity contribution in [2.75, 3.05) is 13.2 Å². The molecular weight excluding hydrogens is 252 g/mol. The van der Waals surface area contributed by atoms with Crippen LogP contribution >= 0.6 is 11.6 Å². The molecule has 0 saturated carbocycles. The average molecular weight is 271 g/mol. The van der Waals surface area contributed by atoms with Crippen LogP contribution in [0.25, 0.3) is 0 Å². The molecule has 3 nitrogen and oxygen atoms in total. The topological polar surface area (TPSA) is 35.5 Å². The van der Waals surface area contributed by atoms with Crippen LogP contribution in [0.3, 0.4) is 0 Å². The molecule has 100 valence electrons. The van der Waals surface area contributed by atoms with Gasteiger partial charge in [0.1, 0.15) is 0 Å². The van der Waals surface area contributed by atoms with Gasteiger partial charge in [-0.15, -0.1) is 0 Å². The van der Waals surface area contributed by atoms with E-state index in [1.165, 1.54) is 0 Å². The first-order valence-electron chi connectivity index (χ1n) is 6.28. The third-order valence-electron chi connectivity index (χ3n) is 2.48. The first-order chi connectivity index (χ1) is 8.69. The zero-order chi connectivity index (χ0) is 13.4. The van der Waals surface area contributed by atoms with Crippen LogP contribution in [0.5, 0.6) is 11.5 Å². The number of carbonyl (C=O) groups is 1. The Morgan fingerprint density at radius 2 is 1.94 bits per heavy atom. The van der Waals surface area contributed by atoms with E-state index < -0.39 is 5.24 Å². The van der Waals surface area contributed by atoms with Crippen molar-refractivity contribution in [1.82, 2.24) is 0 Å². The lowest BCUT2D eigenvalue weighted by Gasteiger charge is -2.12. The van der Waals surface area contributed by atoms with Crippen molar-refractivity contribution in [3.63, 3.8) is 0 Å². The van der Waals surface area contributed by atoms with Crippen molar-refractivity contribution >= 4 is 16.8 Å². The van der Waals surface area contributed by atoms with E-state index in [0.29, 0.717) is 30.3 Å². The van der Waals surface area contributed by atoms with Gasteiger partial charge in [-0.1, -0.05) is 19.8 Å². The number of hydrogen-bond donors (Lipinski definition) is 0. The summed E-state index contributed by atoms with van der Waals surface area (Å²) in [6.07, 6.45) is 3.31. The Labute approximate surface area is 113 Å². The number of rotatable bonds is 8. The van der Waals surface area contributed by atoms with E-state index in [2.05, 4.69) is 6.92 Å². The Bertz CT molecular complexity index is 391. The fourth-order valence-electron chi connectivity index (χ4n) is 1.55. The van der Waals surface area contributed by atoms with Crippen molar-refractivity contribution in [2.24, 2.45) is 0 Å². The molecule has 0 N–H and O–H groups in total. The minimum Gasteiger partial charge on any atom is -0.490 e. The fraction of sp³-hybridized carbons (Fsp3) is 0.500. The molecule has 1 aromatic carbocycles. The van der Waals surface area contributed by atoms with Gasteiger partial charge in [0, 0.05) is 5.56 Å². The van der Waals surface area contributed by atoms with Crippen LogP contribution < -0.4 is 9.47 Å². The van der Waals surface area contributed by atoms with E-state index in [1.54, 1.807) is 18.2 Å². The lowest BCUT2D eigenvalue weighted by molar-refractivity contribution is 0.108. The van der Waals surface area contributed by atoms with Crippen molar-refractivity contribution in [2.45, 2.75) is 33.1 Å². The molecule has 0 spiro atoms.